The summed E-state index contributed by atoms with van der Waals surface area (Å²) in [6.45, 7) is 0. The van der Waals surface area contributed by atoms with Gasteiger partial charge in [0.05, 0.1) is 11.0 Å². The van der Waals surface area contributed by atoms with Crippen LogP contribution < -0.4 is 0 Å². The lowest BCUT2D eigenvalue weighted by molar-refractivity contribution is 1.04. The molecule has 0 aliphatic rings. The van der Waals surface area contributed by atoms with E-state index in [0.29, 0.717) is 0 Å². The molecule has 3 heteroatoms. The van der Waals surface area contributed by atoms with E-state index in [1.54, 1.807) is 0 Å². The molecule has 3 aromatic rings. The second-order valence-electron chi connectivity index (χ2n) is 4.01. The van der Waals surface area contributed by atoms with E-state index in [1.165, 1.54) is 5.56 Å². The van der Waals surface area contributed by atoms with Crippen molar-refractivity contribution in [2.24, 2.45) is 0 Å². The van der Waals surface area contributed by atoms with Crippen LogP contribution in [0.2, 0.25) is 0 Å². The van der Waals surface area contributed by atoms with Crippen LogP contribution in [0.25, 0.3) is 11.0 Å². The Morgan fingerprint density at radius 3 is 2.71 bits per heavy atom. The van der Waals surface area contributed by atoms with Gasteiger partial charge in [0, 0.05) is 10.9 Å². The second kappa shape index (κ2) is 4.34. The van der Waals surface area contributed by atoms with Crippen LogP contribution in [0.15, 0.2) is 53.0 Å². The second-order valence-corrected chi connectivity index (χ2v) is 4.92. The lowest BCUT2D eigenvalue weighted by Crippen LogP contribution is -1.89. The molecule has 0 fully saturated rings. The number of nitrogens with one attached hydrogen (secondary N) is 1. The number of aromatic nitrogens is 2. The average Bonchev–Trinajstić information content (AvgIpc) is 2.71. The van der Waals surface area contributed by atoms with Crippen molar-refractivity contribution in [2.75, 3.05) is 0 Å². The quantitative estimate of drug-likeness (QED) is 0.760. The maximum Gasteiger partial charge on any atom is 0.111 e. The number of fused-ring (bicyclic) bond motifs is 1. The Morgan fingerprint density at radius 1 is 1.06 bits per heavy atom. The highest BCUT2D eigenvalue weighted by Gasteiger charge is 2.03. The molecule has 1 heterocycles. The lowest BCUT2D eigenvalue weighted by Gasteiger charge is -1.96. The topological polar surface area (TPSA) is 28.7 Å². The maximum absolute atomic E-state index is 4.57. The number of H-pyrrole nitrogens is 1. The normalized spacial score (nSPS) is 10.9. The minimum absolute atomic E-state index is 0.840. The number of nitrogens with zero attached hydrogens (tertiary/aromatic N) is 1. The molecule has 2 nitrogen and oxygen atoms in total. The van der Waals surface area contributed by atoms with Crippen LogP contribution in [0.4, 0.5) is 0 Å². The molecule has 1 N–H and O–H groups in total. The summed E-state index contributed by atoms with van der Waals surface area (Å²) in [6, 6.07) is 16.4. The first-order chi connectivity index (χ1) is 8.31. The zero-order chi connectivity index (χ0) is 11.7. The van der Waals surface area contributed by atoms with Crippen LogP contribution in [0, 0.1) is 0 Å². The van der Waals surface area contributed by atoms with Crippen molar-refractivity contribution < 1.29 is 0 Å². The number of benzene rings is 2. The fourth-order valence-corrected chi connectivity index (χ4v) is 2.27. The lowest BCUT2D eigenvalue weighted by atomic mass is 10.1. The van der Waals surface area contributed by atoms with Crippen LogP contribution in [0.1, 0.15) is 11.4 Å². The van der Waals surface area contributed by atoms with Gasteiger partial charge in [-0.25, -0.2) is 4.98 Å². The van der Waals surface area contributed by atoms with Crippen molar-refractivity contribution in [1.82, 2.24) is 9.97 Å². The minimum atomic E-state index is 0.840. The maximum atomic E-state index is 4.57. The van der Waals surface area contributed by atoms with E-state index in [9.17, 15) is 0 Å². The van der Waals surface area contributed by atoms with Crippen LogP contribution in [-0.4, -0.2) is 9.97 Å². The molecule has 0 bridgehead atoms. The van der Waals surface area contributed by atoms with Gasteiger partial charge in [0.2, 0.25) is 0 Å². The smallest absolute Gasteiger partial charge is 0.111 e. The number of aromatic amines is 1. The first kappa shape index (κ1) is 10.5. The van der Waals surface area contributed by atoms with Gasteiger partial charge in [-0.15, -0.1) is 0 Å². The molecule has 3 rings (SSSR count). The molecule has 0 atom stereocenters. The Bertz CT molecular complexity index is 644. The fourth-order valence-electron chi connectivity index (χ4n) is 1.91. The Balaban J connectivity index is 1.96. The highest BCUT2D eigenvalue weighted by atomic mass is 79.9. The average molecular weight is 287 g/mol. The van der Waals surface area contributed by atoms with Gasteiger partial charge in [-0.05, 0) is 23.8 Å². The zero-order valence-corrected chi connectivity index (χ0v) is 10.7. The van der Waals surface area contributed by atoms with Crippen molar-refractivity contribution in [1.29, 1.82) is 0 Å². The molecule has 1 aromatic heterocycles. The summed E-state index contributed by atoms with van der Waals surface area (Å²) in [5, 5.41) is 0. The van der Waals surface area contributed by atoms with Gasteiger partial charge in [-0.2, -0.15) is 0 Å². The van der Waals surface area contributed by atoms with Crippen LogP contribution >= 0.6 is 15.9 Å². The highest BCUT2D eigenvalue weighted by Crippen LogP contribution is 2.18. The summed E-state index contributed by atoms with van der Waals surface area (Å²) in [5.41, 5.74) is 3.36. The van der Waals surface area contributed by atoms with Crippen LogP contribution in [0.5, 0.6) is 0 Å². The van der Waals surface area contributed by atoms with E-state index in [4.69, 9.17) is 0 Å². The van der Waals surface area contributed by atoms with E-state index in [0.717, 1.165) is 27.8 Å². The third-order valence-corrected chi connectivity index (χ3v) is 3.20. The molecule has 0 spiro atoms. The number of halogens is 1. The summed E-state index contributed by atoms with van der Waals surface area (Å²) in [5.74, 6) is 1.00. The van der Waals surface area contributed by atoms with Gasteiger partial charge in [0.25, 0.3) is 0 Å². The van der Waals surface area contributed by atoms with Crippen LogP contribution in [0.3, 0.4) is 0 Å². The summed E-state index contributed by atoms with van der Waals surface area (Å²) in [6.07, 6.45) is 0.840. The monoisotopic (exact) mass is 286 g/mol. The molecule has 0 amide bonds. The third-order valence-electron chi connectivity index (χ3n) is 2.71. The van der Waals surface area contributed by atoms with Gasteiger partial charge in [0.15, 0.2) is 0 Å². The van der Waals surface area contributed by atoms with Crippen molar-refractivity contribution >= 4 is 27.0 Å². The standard InChI is InChI=1S/C14H11BrN2/c15-11-6-7-12-13(9-11)17-14(16-12)8-10-4-2-1-3-5-10/h1-7,9H,8H2,(H,16,17). The molecule has 0 unspecified atom stereocenters. The van der Waals surface area contributed by atoms with Crippen molar-refractivity contribution in [2.45, 2.75) is 6.42 Å². The van der Waals surface area contributed by atoms with Crippen molar-refractivity contribution in [3.8, 4) is 0 Å². The first-order valence-corrected chi connectivity index (χ1v) is 6.29. The van der Waals surface area contributed by atoms with E-state index < -0.39 is 0 Å². The van der Waals surface area contributed by atoms with E-state index in [-0.39, 0.29) is 0 Å². The number of rotatable bonds is 2. The van der Waals surface area contributed by atoms with Gasteiger partial charge in [0.1, 0.15) is 5.82 Å². The molecule has 84 valence electrons. The Labute approximate surface area is 108 Å². The SMILES string of the molecule is Brc1ccc2nc(Cc3ccccc3)[nH]c2c1. The summed E-state index contributed by atoms with van der Waals surface area (Å²) >= 11 is 3.46. The van der Waals surface area contributed by atoms with Crippen molar-refractivity contribution in [3.63, 3.8) is 0 Å². The molecular weight excluding hydrogens is 276 g/mol. The van der Waals surface area contributed by atoms with Gasteiger partial charge in [-0.3, -0.25) is 0 Å². The van der Waals surface area contributed by atoms with Gasteiger partial charge >= 0.3 is 0 Å². The summed E-state index contributed by atoms with van der Waals surface area (Å²) in [4.78, 5) is 7.92. The summed E-state index contributed by atoms with van der Waals surface area (Å²) in [7, 11) is 0. The molecule has 0 radical (unpaired) electrons. The molecule has 0 aliphatic heterocycles. The zero-order valence-electron chi connectivity index (χ0n) is 9.15. The largest absolute Gasteiger partial charge is 0.342 e. The first-order valence-electron chi connectivity index (χ1n) is 5.49. The summed E-state index contributed by atoms with van der Waals surface area (Å²) < 4.78 is 1.07. The van der Waals surface area contributed by atoms with E-state index in [1.807, 2.05) is 18.2 Å². The number of imidazole rings is 1. The minimum Gasteiger partial charge on any atom is -0.342 e. The molecule has 0 saturated carbocycles. The third kappa shape index (κ3) is 2.24. The number of hydrogen-bond donors (Lipinski definition) is 1. The number of hydrogen-bond acceptors (Lipinski definition) is 1. The Morgan fingerprint density at radius 2 is 1.88 bits per heavy atom. The molecule has 17 heavy (non-hydrogen) atoms. The Kier molecular flexibility index (Phi) is 2.69. The van der Waals surface area contributed by atoms with Crippen LogP contribution in [-0.2, 0) is 6.42 Å². The Hall–Kier alpha value is -1.61. The molecule has 0 saturated heterocycles. The van der Waals surface area contributed by atoms with E-state index in [2.05, 4.69) is 56.2 Å². The molecule has 2 aromatic carbocycles. The highest BCUT2D eigenvalue weighted by molar-refractivity contribution is 9.10. The van der Waals surface area contributed by atoms with E-state index >= 15 is 0 Å². The fraction of sp³-hybridized carbons (Fsp3) is 0.0714. The van der Waals surface area contributed by atoms with Gasteiger partial charge in [-0.1, -0.05) is 46.3 Å². The molecule has 0 aliphatic carbocycles. The molecular formula is C14H11BrN2. The van der Waals surface area contributed by atoms with Gasteiger partial charge < -0.3 is 4.98 Å². The predicted molar refractivity (Wildman–Crippen MR) is 73.0 cm³/mol. The predicted octanol–water partition coefficient (Wildman–Crippen LogP) is 3.92. The van der Waals surface area contributed by atoms with Crippen molar-refractivity contribution in [3.05, 3.63) is 64.4 Å².